The first-order valence-corrected chi connectivity index (χ1v) is 7.52. The Morgan fingerprint density at radius 3 is 2.71 bits per heavy atom. The van der Waals surface area contributed by atoms with Gasteiger partial charge in [0.25, 0.3) is 5.91 Å². The number of aromatic nitrogens is 1. The Labute approximate surface area is 126 Å². The lowest BCUT2D eigenvalue weighted by molar-refractivity contribution is -0.117. The Bertz CT molecular complexity index is 613. The van der Waals surface area contributed by atoms with E-state index in [-0.39, 0.29) is 11.5 Å². The molecule has 1 aliphatic carbocycles. The number of hydrogen-bond donors (Lipinski definition) is 1. The van der Waals surface area contributed by atoms with Crippen molar-refractivity contribution in [3.63, 3.8) is 0 Å². The molecule has 1 N–H and O–H groups in total. The average Bonchev–Trinajstić information content (AvgIpc) is 3.21. The van der Waals surface area contributed by atoms with Crippen LogP contribution < -0.4 is 5.32 Å². The van der Waals surface area contributed by atoms with E-state index in [1.165, 1.54) is 18.5 Å². The first kappa shape index (κ1) is 15.4. The highest BCUT2D eigenvalue weighted by Crippen LogP contribution is 2.38. The van der Waals surface area contributed by atoms with Crippen LogP contribution in [0.2, 0.25) is 0 Å². The molecule has 21 heavy (non-hydrogen) atoms. The van der Waals surface area contributed by atoms with Crippen LogP contribution in [0.25, 0.3) is 6.08 Å². The van der Waals surface area contributed by atoms with E-state index in [0.717, 1.165) is 11.3 Å². The van der Waals surface area contributed by atoms with Gasteiger partial charge in [-0.15, -0.1) is 0 Å². The molecule has 0 unspecified atom stereocenters. The minimum absolute atomic E-state index is 0.173. The van der Waals surface area contributed by atoms with E-state index < -0.39 is 0 Å². The lowest BCUT2D eigenvalue weighted by Gasteiger charge is -2.07. The van der Waals surface area contributed by atoms with Gasteiger partial charge in [-0.05, 0) is 50.3 Å². The van der Waals surface area contributed by atoms with Gasteiger partial charge in [-0.25, -0.2) is 0 Å². The second-order valence-electron chi connectivity index (χ2n) is 6.20. The maximum absolute atomic E-state index is 12.0. The molecule has 1 amide bonds. The van der Waals surface area contributed by atoms with Gasteiger partial charge in [-0.1, -0.05) is 13.8 Å². The summed E-state index contributed by atoms with van der Waals surface area (Å²) in [4.78, 5) is 12.0. The molecule has 2 rings (SSSR count). The molecule has 112 valence electrons. The third-order valence-corrected chi connectivity index (χ3v) is 3.77. The van der Waals surface area contributed by atoms with Crippen molar-refractivity contribution in [1.82, 2.24) is 9.88 Å². The lowest BCUT2D eigenvalue weighted by atomic mass is 10.1. The first-order chi connectivity index (χ1) is 9.93. The summed E-state index contributed by atoms with van der Waals surface area (Å²) in [5.41, 5.74) is 3.47. The van der Waals surface area contributed by atoms with Crippen LogP contribution in [-0.2, 0) is 4.79 Å². The number of aryl methyl sites for hydroxylation is 1. The van der Waals surface area contributed by atoms with Crippen LogP contribution in [0.15, 0.2) is 11.6 Å². The SMILES string of the molecule is Cc1cc(/C=C(\C#N)C(=O)NCC(C)C)c(C)n1C1CC1. The summed E-state index contributed by atoms with van der Waals surface area (Å²) in [7, 11) is 0. The van der Waals surface area contributed by atoms with Crippen molar-refractivity contribution in [1.29, 1.82) is 5.26 Å². The minimum Gasteiger partial charge on any atom is -0.351 e. The van der Waals surface area contributed by atoms with E-state index in [1.54, 1.807) is 6.08 Å². The molecule has 0 atom stereocenters. The third-order valence-electron chi connectivity index (χ3n) is 3.77. The lowest BCUT2D eigenvalue weighted by Crippen LogP contribution is -2.28. The highest BCUT2D eigenvalue weighted by atomic mass is 16.1. The normalized spacial score (nSPS) is 15.1. The largest absolute Gasteiger partial charge is 0.351 e. The van der Waals surface area contributed by atoms with Crippen molar-refractivity contribution < 1.29 is 4.79 Å². The molecule has 0 aliphatic heterocycles. The zero-order valence-electron chi connectivity index (χ0n) is 13.2. The quantitative estimate of drug-likeness (QED) is 0.667. The number of nitrogens with one attached hydrogen (secondary N) is 1. The van der Waals surface area contributed by atoms with Crippen molar-refractivity contribution in [2.24, 2.45) is 5.92 Å². The van der Waals surface area contributed by atoms with Crippen LogP contribution in [0.5, 0.6) is 0 Å². The Morgan fingerprint density at radius 2 is 2.19 bits per heavy atom. The highest BCUT2D eigenvalue weighted by Gasteiger charge is 2.26. The maximum atomic E-state index is 12.0. The number of amides is 1. The second-order valence-corrected chi connectivity index (χ2v) is 6.20. The number of hydrogen-bond acceptors (Lipinski definition) is 2. The molecule has 0 aromatic carbocycles. The van der Waals surface area contributed by atoms with Crippen molar-refractivity contribution in [2.45, 2.75) is 46.6 Å². The van der Waals surface area contributed by atoms with Gasteiger partial charge >= 0.3 is 0 Å². The fourth-order valence-corrected chi connectivity index (χ4v) is 2.54. The molecular weight excluding hydrogens is 262 g/mol. The van der Waals surface area contributed by atoms with Crippen molar-refractivity contribution in [2.75, 3.05) is 6.54 Å². The van der Waals surface area contributed by atoms with Crippen molar-refractivity contribution in [3.05, 3.63) is 28.6 Å². The molecule has 1 aromatic heterocycles. The topological polar surface area (TPSA) is 57.8 Å². The summed E-state index contributed by atoms with van der Waals surface area (Å²) in [5.74, 6) is 0.0799. The van der Waals surface area contributed by atoms with E-state index in [9.17, 15) is 10.1 Å². The summed E-state index contributed by atoms with van der Waals surface area (Å²) < 4.78 is 2.31. The van der Waals surface area contributed by atoms with Crippen LogP contribution >= 0.6 is 0 Å². The first-order valence-electron chi connectivity index (χ1n) is 7.52. The van der Waals surface area contributed by atoms with E-state index in [0.29, 0.717) is 18.5 Å². The van der Waals surface area contributed by atoms with Gasteiger partial charge in [0.15, 0.2) is 0 Å². The van der Waals surface area contributed by atoms with Gasteiger partial charge in [0.1, 0.15) is 11.6 Å². The zero-order valence-corrected chi connectivity index (χ0v) is 13.2. The van der Waals surface area contributed by atoms with Gasteiger partial charge in [0.2, 0.25) is 0 Å². The van der Waals surface area contributed by atoms with Crippen LogP contribution in [0.3, 0.4) is 0 Å². The molecular formula is C17H23N3O. The monoisotopic (exact) mass is 285 g/mol. The number of rotatable bonds is 5. The molecule has 4 heteroatoms. The molecule has 0 bridgehead atoms. The predicted octanol–water partition coefficient (Wildman–Crippen LogP) is 3.12. The molecule has 1 saturated carbocycles. The summed E-state index contributed by atoms with van der Waals surface area (Å²) in [6, 6.07) is 4.68. The number of carbonyl (C=O) groups is 1. The molecule has 1 aliphatic rings. The van der Waals surface area contributed by atoms with Gasteiger partial charge < -0.3 is 9.88 Å². The van der Waals surface area contributed by atoms with Crippen LogP contribution in [0, 0.1) is 31.1 Å². The van der Waals surface area contributed by atoms with Crippen molar-refractivity contribution >= 4 is 12.0 Å². The molecule has 0 radical (unpaired) electrons. The van der Waals surface area contributed by atoms with Gasteiger partial charge in [-0.3, -0.25) is 4.79 Å². The molecule has 1 aromatic rings. The second kappa shape index (κ2) is 6.17. The van der Waals surface area contributed by atoms with E-state index in [4.69, 9.17) is 0 Å². The maximum Gasteiger partial charge on any atom is 0.261 e. The summed E-state index contributed by atoms with van der Waals surface area (Å²) in [5, 5.41) is 12.0. The average molecular weight is 285 g/mol. The Morgan fingerprint density at radius 1 is 1.52 bits per heavy atom. The number of nitriles is 1. The van der Waals surface area contributed by atoms with Crippen LogP contribution in [0.1, 0.15) is 49.7 Å². The fraction of sp³-hybridized carbons (Fsp3) is 0.529. The molecule has 0 spiro atoms. The zero-order chi connectivity index (χ0) is 15.6. The smallest absolute Gasteiger partial charge is 0.261 e. The molecule has 4 nitrogen and oxygen atoms in total. The van der Waals surface area contributed by atoms with E-state index >= 15 is 0 Å². The Kier molecular flexibility index (Phi) is 4.52. The highest BCUT2D eigenvalue weighted by molar-refractivity contribution is 6.01. The van der Waals surface area contributed by atoms with E-state index in [2.05, 4.69) is 29.8 Å². The molecule has 0 saturated heterocycles. The Balaban J connectivity index is 2.22. The third kappa shape index (κ3) is 3.55. The summed E-state index contributed by atoms with van der Waals surface area (Å²) >= 11 is 0. The van der Waals surface area contributed by atoms with Crippen LogP contribution in [0.4, 0.5) is 0 Å². The summed E-state index contributed by atoms with van der Waals surface area (Å²) in [6.45, 7) is 8.77. The Hall–Kier alpha value is -2.02. The molecule has 1 fully saturated rings. The summed E-state index contributed by atoms with van der Waals surface area (Å²) in [6.07, 6.45) is 4.15. The molecule has 1 heterocycles. The van der Waals surface area contributed by atoms with Gasteiger partial charge in [0.05, 0.1) is 0 Å². The predicted molar refractivity (Wildman–Crippen MR) is 83.6 cm³/mol. The van der Waals surface area contributed by atoms with Crippen molar-refractivity contribution in [3.8, 4) is 6.07 Å². The fourth-order valence-electron chi connectivity index (χ4n) is 2.54. The number of nitrogens with zero attached hydrogens (tertiary/aromatic N) is 2. The van der Waals surface area contributed by atoms with Crippen LogP contribution in [-0.4, -0.2) is 17.0 Å². The van der Waals surface area contributed by atoms with Gasteiger partial charge in [-0.2, -0.15) is 5.26 Å². The van der Waals surface area contributed by atoms with Gasteiger partial charge in [0, 0.05) is 24.0 Å². The number of carbonyl (C=O) groups excluding carboxylic acids is 1. The minimum atomic E-state index is -0.289. The van der Waals surface area contributed by atoms with E-state index in [1.807, 2.05) is 19.9 Å². The standard InChI is InChI=1S/C17H23N3O/c1-11(2)10-19-17(21)15(9-18)8-14-7-12(3)20(13(14)4)16-5-6-16/h7-8,11,16H,5-6,10H2,1-4H3,(H,19,21)/b15-8+.